The van der Waals surface area contributed by atoms with Crippen LogP contribution in [0.25, 0.3) is 0 Å². The predicted molar refractivity (Wildman–Crippen MR) is 66.8 cm³/mol. The first-order valence-corrected chi connectivity index (χ1v) is 7.53. The molecule has 7 heteroatoms. The third kappa shape index (κ3) is 2.83. The average molecular weight is 323 g/mol. The van der Waals surface area contributed by atoms with Crippen LogP contribution in [0.4, 0.5) is 0 Å². The summed E-state index contributed by atoms with van der Waals surface area (Å²) in [6.07, 6.45) is 0.195. The van der Waals surface area contributed by atoms with E-state index in [1.807, 2.05) is 6.07 Å². The summed E-state index contributed by atoms with van der Waals surface area (Å²) >= 11 is 4.64. The van der Waals surface area contributed by atoms with Crippen molar-refractivity contribution in [2.24, 2.45) is 0 Å². The van der Waals surface area contributed by atoms with E-state index in [1.165, 1.54) is 22.7 Å². The first kappa shape index (κ1) is 13.6. The molecule has 0 aliphatic carbocycles. The summed E-state index contributed by atoms with van der Waals surface area (Å²) in [5, 5.41) is 8.43. The maximum atomic E-state index is 12.1. The minimum absolute atomic E-state index is 0.195. The summed E-state index contributed by atoms with van der Waals surface area (Å²) in [7, 11) is -1.97. The van der Waals surface area contributed by atoms with Crippen molar-refractivity contribution in [3.63, 3.8) is 0 Å². The summed E-state index contributed by atoms with van der Waals surface area (Å²) in [5.41, 5.74) is 0. The molecule has 1 aromatic heterocycles. The van der Waals surface area contributed by atoms with Gasteiger partial charge in [-0.1, -0.05) is 0 Å². The molecule has 0 radical (unpaired) electrons. The number of halogens is 1. The lowest BCUT2D eigenvalue weighted by Crippen LogP contribution is -2.27. The van der Waals surface area contributed by atoms with Crippen LogP contribution in [0, 0.1) is 18.3 Å². The molecule has 0 spiro atoms. The van der Waals surface area contributed by atoms with Gasteiger partial charge in [-0.3, -0.25) is 0 Å². The van der Waals surface area contributed by atoms with Gasteiger partial charge in [0.1, 0.15) is 0 Å². The number of hydrogen-bond donors (Lipinski definition) is 0. The van der Waals surface area contributed by atoms with E-state index in [1.54, 1.807) is 13.0 Å². The molecule has 88 valence electrons. The summed E-state index contributed by atoms with van der Waals surface area (Å²) in [6, 6.07) is 3.52. The monoisotopic (exact) mass is 322 g/mol. The van der Waals surface area contributed by atoms with Gasteiger partial charge in [-0.15, -0.1) is 11.3 Å². The molecule has 0 bridgehead atoms. The zero-order chi connectivity index (χ0) is 12.3. The van der Waals surface area contributed by atoms with Crippen molar-refractivity contribution in [1.82, 2.24) is 4.31 Å². The fourth-order valence-corrected chi connectivity index (χ4v) is 4.73. The van der Waals surface area contributed by atoms with Crippen molar-refractivity contribution in [2.45, 2.75) is 18.2 Å². The highest BCUT2D eigenvalue weighted by atomic mass is 79.9. The Balaban J connectivity index is 3.03. The van der Waals surface area contributed by atoms with E-state index in [4.69, 9.17) is 5.26 Å². The van der Waals surface area contributed by atoms with E-state index < -0.39 is 10.0 Å². The standard InChI is InChI=1S/C9H11BrN2O2S2/c1-7-8(6-9(10)15-7)16(13,14)12(2)5-3-4-11/h6H,3,5H2,1-2H3. The molecule has 0 saturated carbocycles. The molecule has 0 saturated heterocycles. The molecule has 1 rings (SSSR count). The third-order valence-corrected chi connectivity index (χ3v) is 5.73. The molecule has 1 aromatic rings. The van der Waals surface area contributed by atoms with Gasteiger partial charge in [-0.2, -0.15) is 9.57 Å². The maximum Gasteiger partial charge on any atom is 0.243 e. The van der Waals surface area contributed by atoms with E-state index in [2.05, 4.69) is 15.9 Å². The van der Waals surface area contributed by atoms with Gasteiger partial charge in [0, 0.05) is 24.9 Å². The Kier molecular flexibility index (Phi) is 4.50. The van der Waals surface area contributed by atoms with Crippen molar-refractivity contribution < 1.29 is 8.42 Å². The van der Waals surface area contributed by atoms with Crippen LogP contribution >= 0.6 is 27.3 Å². The van der Waals surface area contributed by atoms with Gasteiger partial charge >= 0.3 is 0 Å². The average Bonchev–Trinajstić information content (AvgIpc) is 2.54. The number of aryl methyl sites for hydroxylation is 1. The van der Waals surface area contributed by atoms with E-state index in [0.717, 1.165) is 8.66 Å². The minimum atomic E-state index is -3.46. The number of rotatable bonds is 4. The minimum Gasteiger partial charge on any atom is -0.207 e. The fraction of sp³-hybridized carbons (Fsp3) is 0.444. The van der Waals surface area contributed by atoms with Crippen molar-refractivity contribution in [3.8, 4) is 6.07 Å². The Morgan fingerprint density at radius 1 is 1.62 bits per heavy atom. The number of sulfonamides is 1. The van der Waals surface area contributed by atoms with E-state index in [0.29, 0.717) is 4.90 Å². The first-order valence-electron chi connectivity index (χ1n) is 4.49. The summed E-state index contributed by atoms with van der Waals surface area (Å²) in [5.74, 6) is 0. The molecule has 0 fully saturated rings. The van der Waals surface area contributed by atoms with Gasteiger partial charge in [0.25, 0.3) is 0 Å². The molecule has 0 aromatic carbocycles. The molecule has 4 nitrogen and oxygen atoms in total. The van der Waals surface area contributed by atoms with Gasteiger partial charge in [-0.05, 0) is 28.9 Å². The zero-order valence-electron chi connectivity index (χ0n) is 8.90. The molecule has 0 amide bonds. The zero-order valence-corrected chi connectivity index (χ0v) is 12.1. The molecule has 0 aliphatic heterocycles. The highest BCUT2D eigenvalue weighted by Crippen LogP contribution is 2.31. The SMILES string of the molecule is Cc1sc(Br)cc1S(=O)(=O)N(C)CCC#N. The Hall–Kier alpha value is -0.420. The van der Waals surface area contributed by atoms with E-state index in [9.17, 15) is 8.42 Å². The van der Waals surface area contributed by atoms with Gasteiger partial charge in [0.05, 0.1) is 14.8 Å². The quantitative estimate of drug-likeness (QED) is 0.854. The lowest BCUT2D eigenvalue weighted by atomic mass is 10.5. The van der Waals surface area contributed by atoms with E-state index in [-0.39, 0.29) is 13.0 Å². The van der Waals surface area contributed by atoms with Crippen LogP contribution in [-0.2, 0) is 10.0 Å². The van der Waals surface area contributed by atoms with Crippen molar-refractivity contribution in [2.75, 3.05) is 13.6 Å². The second kappa shape index (κ2) is 5.27. The maximum absolute atomic E-state index is 12.1. The summed E-state index contributed by atoms with van der Waals surface area (Å²) < 4.78 is 26.1. The molecule has 0 atom stereocenters. The molecule has 1 heterocycles. The first-order chi connectivity index (χ1) is 7.39. The van der Waals surface area contributed by atoms with Crippen LogP contribution < -0.4 is 0 Å². The summed E-state index contributed by atoms with van der Waals surface area (Å²) in [6.45, 7) is 1.98. The molecule has 0 aliphatic rings. The van der Waals surface area contributed by atoms with Crippen LogP contribution in [0.3, 0.4) is 0 Å². The van der Waals surface area contributed by atoms with Crippen molar-refractivity contribution in [3.05, 3.63) is 14.7 Å². The van der Waals surface area contributed by atoms with Crippen LogP contribution in [-0.4, -0.2) is 26.3 Å². The lowest BCUT2D eigenvalue weighted by molar-refractivity contribution is 0.476. The number of thiophene rings is 1. The smallest absolute Gasteiger partial charge is 0.207 e. The largest absolute Gasteiger partial charge is 0.243 e. The van der Waals surface area contributed by atoms with E-state index >= 15 is 0 Å². The fourth-order valence-electron chi connectivity index (χ4n) is 1.18. The molecular formula is C9H11BrN2O2S2. The molecule has 0 unspecified atom stereocenters. The second-order valence-corrected chi connectivity index (χ2v) is 7.85. The van der Waals surface area contributed by atoms with Crippen LogP contribution in [0.5, 0.6) is 0 Å². The van der Waals surface area contributed by atoms with Crippen LogP contribution in [0.2, 0.25) is 0 Å². The van der Waals surface area contributed by atoms with Crippen LogP contribution in [0.1, 0.15) is 11.3 Å². The highest BCUT2D eigenvalue weighted by Gasteiger charge is 2.24. The normalized spacial score (nSPS) is 11.7. The third-order valence-electron chi connectivity index (χ3n) is 2.07. The van der Waals surface area contributed by atoms with Gasteiger partial charge < -0.3 is 0 Å². The Morgan fingerprint density at radius 2 is 2.25 bits per heavy atom. The second-order valence-electron chi connectivity index (χ2n) is 3.21. The number of hydrogen-bond acceptors (Lipinski definition) is 4. The highest BCUT2D eigenvalue weighted by molar-refractivity contribution is 9.11. The Labute approximate surface area is 108 Å². The van der Waals surface area contributed by atoms with Crippen molar-refractivity contribution in [1.29, 1.82) is 5.26 Å². The molecule has 16 heavy (non-hydrogen) atoms. The summed E-state index contributed by atoms with van der Waals surface area (Å²) in [4.78, 5) is 1.06. The van der Waals surface area contributed by atoms with Gasteiger partial charge in [-0.25, -0.2) is 8.42 Å². The molecular weight excluding hydrogens is 312 g/mol. The number of nitrogens with zero attached hydrogens (tertiary/aromatic N) is 2. The number of nitriles is 1. The van der Waals surface area contributed by atoms with Gasteiger partial charge in [0.15, 0.2) is 0 Å². The van der Waals surface area contributed by atoms with Crippen LogP contribution in [0.15, 0.2) is 14.7 Å². The lowest BCUT2D eigenvalue weighted by Gasteiger charge is -2.15. The molecule has 0 N–H and O–H groups in total. The Morgan fingerprint density at radius 3 is 2.69 bits per heavy atom. The van der Waals surface area contributed by atoms with Crippen molar-refractivity contribution >= 4 is 37.3 Å². The predicted octanol–water partition coefficient (Wildman–Crippen LogP) is 2.35. The topological polar surface area (TPSA) is 61.2 Å². The Bertz CT molecular complexity index is 516. The van der Waals surface area contributed by atoms with Gasteiger partial charge in [0.2, 0.25) is 10.0 Å².